The molecule has 22 heavy (non-hydrogen) atoms. The van der Waals surface area contributed by atoms with E-state index in [0.29, 0.717) is 19.2 Å². The predicted octanol–water partition coefficient (Wildman–Crippen LogP) is 4.07. The molecule has 0 bridgehead atoms. The van der Waals surface area contributed by atoms with Gasteiger partial charge < -0.3 is 14.7 Å². The number of hydrogen-bond donors (Lipinski definition) is 1. The molecule has 1 atom stereocenters. The van der Waals surface area contributed by atoms with E-state index in [1.165, 1.54) is 32.1 Å². The minimum Gasteiger partial charge on any atom is -0.491 e. The molecular formula is C17H27Cl2NO2. The van der Waals surface area contributed by atoms with Crippen LogP contribution in [0.25, 0.3) is 0 Å². The summed E-state index contributed by atoms with van der Waals surface area (Å²) in [6.45, 7) is 2.93. The van der Waals surface area contributed by atoms with Gasteiger partial charge in [0, 0.05) is 17.6 Å². The Morgan fingerprint density at radius 1 is 1.32 bits per heavy atom. The molecule has 1 unspecified atom stereocenters. The summed E-state index contributed by atoms with van der Waals surface area (Å²) in [6.07, 6.45) is 6.01. The third-order valence-electron chi connectivity index (χ3n) is 4.27. The lowest BCUT2D eigenvalue weighted by molar-refractivity contribution is 0.0561. The molecule has 1 N–H and O–H groups in total. The Labute approximate surface area is 145 Å². The molecule has 0 heterocycles. The largest absolute Gasteiger partial charge is 0.491 e. The lowest BCUT2D eigenvalue weighted by Crippen LogP contribution is -2.40. The van der Waals surface area contributed by atoms with Crippen molar-refractivity contribution < 1.29 is 9.84 Å². The molecule has 0 amide bonds. The Hall–Kier alpha value is -0.480. The summed E-state index contributed by atoms with van der Waals surface area (Å²) >= 11 is 5.99. The van der Waals surface area contributed by atoms with Crippen LogP contribution in [0.4, 0.5) is 0 Å². The minimum atomic E-state index is -0.465. The summed E-state index contributed by atoms with van der Waals surface area (Å²) < 4.78 is 5.66. The Morgan fingerprint density at radius 2 is 2.00 bits per heavy atom. The monoisotopic (exact) mass is 347 g/mol. The number of benzene rings is 1. The van der Waals surface area contributed by atoms with E-state index in [0.717, 1.165) is 16.3 Å². The molecule has 0 aromatic heterocycles. The fourth-order valence-corrected chi connectivity index (χ4v) is 3.07. The summed E-state index contributed by atoms with van der Waals surface area (Å²) in [6, 6.07) is 6.19. The average molecular weight is 348 g/mol. The topological polar surface area (TPSA) is 32.7 Å². The first-order valence-corrected chi connectivity index (χ1v) is 8.21. The van der Waals surface area contributed by atoms with E-state index in [9.17, 15) is 5.11 Å². The summed E-state index contributed by atoms with van der Waals surface area (Å²) in [7, 11) is 2.10. The minimum absolute atomic E-state index is 0. The van der Waals surface area contributed by atoms with E-state index < -0.39 is 6.10 Å². The van der Waals surface area contributed by atoms with E-state index in [2.05, 4.69) is 11.9 Å². The van der Waals surface area contributed by atoms with Gasteiger partial charge in [-0.2, -0.15) is 0 Å². The van der Waals surface area contributed by atoms with E-state index in [4.69, 9.17) is 16.3 Å². The number of halogens is 2. The van der Waals surface area contributed by atoms with Crippen molar-refractivity contribution in [1.82, 2.24) is 4.90 Å². The van der Waals surface area contributed by atoms with Crippen molar-refractivity contribution in [2.24, 2.45) is 0 Å². The second-order valence-corrected chi connectivity index (χ2v) is 6.51. The highest BCUT2D eigenvalue weighted by molar-refractivity contribution is 6.31. The smallest absolute Gasteiger partial charge is 0.119 e. The third kappa shape index (κ3) is 5.96. The van der Waals surface area contributed by atoms with Crippen LogP contribution in [0.3, 0.4) is 0 Å². The first-order chi connectivity index (χ1) is 10.1. The van der Waals surface area contributed by atoms with Crippen molar-refractivity contribution >= 4 is 24.0 Å². The van der Waals surface area contributed by atoms with Crippen LogP contribution in [0, 0.1) is 6.92 Å². The molecule has 1 saturated carbocycles. The van der Waals surface area contributed by atoms with E-state index >= 15 is 0 Å². The molecule has 5 heteroatoms. The van der Waals surface area contributed by atoms with E-state index in [-0.39, 0.29) is 12.4 Å². The Kier molecular flexibility index (Phi) is 8.55. The maximum atomic E-state index is 10.1. The first-order valence-electron chi connectivity index (χ1n) is 7.83. The van der Waals surface area contributed by atoms with Gasteiger partial charge in [0.1, 0.15) is 18.5 Å². The predicted molar refractivity (Wildman–Crippen MR) is 94.4 cm³/mol. The van der Waals surface area contributed by atoms with Crippen LogP contribution < -0.4 is 4.74 Å². The van der Waals surface area contributed by atoms with Crippen LogP contribution in [-0.4, -0.2) is 42.4 Å². The summed E-state index contributed by atoms with van der Waals surface area (Å²) in [4.78, 5) is 2.28. The normalized spacial score (nSPS) is 17.1. The highest BCUT2D eigenvalue weighted by Gasteiger charge is 2.20. The number of hydrogen-bond acceptors (Lipinski definition) is 3. The molecule has 1 fully saturated rings. The molecule has 1 aromatic rings. The molecule has 1 aliphatic carbocycles. The molecule has 3 nitrogen and oxygen atoms in total. The van der Waals surface area contributed by atoms with E-state index in [1.54, 1.807) is 0 Å². The maximum Gasteiger partial charge on any atom is 0.119 e. The van der Waals surface area contributed by atoms with Crippen LogP contribution in [0.2, 0.25) is 5.02 Å². The van der Waals surface area contributed by atoms with E-state index in [1.807, 2.05) is 25.1 Å². The molecule has 126 valence electrons. The number of aliphatic hydroxyl groups excluding tert-OH is 1. The third-order valence-corrected chi connectivity index (χ3v) is 4.69. The van der Waals surface area contributed by atoms with Gasteiger partial charge in [0.25, 0.3) is 0 Å². The highest BCUT2D eigenvalue weighted by atomic mass is 35.5. The standard InChI is InChI=1S/C17H26ClNO2.ClH/c1-13-10-16(8-9-17(13)18)21-12-15(20)11-19(2)14-6-4-3-5-7-14;/h8-10,14-15,20H,3-7,11-12H2,1-2H3;1H. The highest BCUT2D eigenvalue weighted by Crippen LogP contribution is 2.23. The number of nitrogens with zero attached hydrogens (tertiary/aromatic N) is 1. The second-order valence-electron chi connectivity index (χ2n) is 6.11. The van der Waals surface area contributed by atoms with Crippen LogP contribution in [0.15, 0.2) is 18.2 Å². The number of aryl methyl sites for hydroxylation is 1. The van der Waals surface area contributed by atoms with Crippen LogP contribution in [0.5, 0.6) is 5.75 Å². The summed E-state index contributed by atoms with van der Waals surface area (Å²) in [5.74, 6) is 0.760. The zero-order valence-corrected chi connectivity index (χ0v) is 15.0. The van der Waals surface area contributed by atoms with Gasteiger partial charge in [0.05, 0.1) is 0 Å². The van der Waals surface area contributed by atoms with Crippen LogP contribution in [-0.2, 0) is 0 Å². The SMILES string of the molecule is Cc1cc(OCC(O)CN(C)C2CCCCC2)ccc1Cl.Cl. The summed E-state index contributed by atoms with van der Waals surface area (Å²) in [5, 5.41) is 10.9. The first kappa shape index (κ1) is 19.6. The van der Waals surface area contributed by atoms with Crippen molar-refractivity contribution in [3.05, 3.63) is 28.8 Å². The van der Waals surface area contributed by atoms with Gasteiger partial charge in [-0.05, 0) is 50.6 Å². The number of likely N-dealkylation sites (N-methyl/N-ethyl adjacent to an activating group) is 1. The molecule has 0 saturated heterocycles. The maximum absolute atomic E-state index is 10.1. The van der Waals surface area contributed by atoms with Gasteiger partial charge in [-0.25, -0.2) is 0 Å². The Morgan fingerprint density at radius 3 is 2.64 bits per heavy atom. The number of ether oxygens (including phenoxy) is 1. The average Bonchev–Trinajstić information content (AvgIpc) is 2.49. The van der Waals surface area contributed by atoms with Crippen LogP contribution >= 0.6 is 24.0 Å². The van der Waals surface area contributed by atoms with Crippen molar-refractivity contribution in [3.8, 4) is 5.75 Å². The van der Waals surface area contributed by atoms with Gasteiger partial charge >= 0.3 is 0 Å². The Bertz CT molecular complexity index is 450. The number of rotatable bonds is 6. The zero-order valence-electron chi connectivity index (χ0n) is 13.4. The second kappa shape index (κ2) is 9.61. The van der Waals surface area contributed by atoms with Gasteiger partial charge in [0.2, 0.25) is 0 Å². The molecule has 0 spiro atoms. The quantitative estimate of drug-likeness (QED) is 0.841. The van der Waals surface area contributed by atoms with Gasteiger partial charge in [-0.1, -0.05) is 30.9 Å². The van der Waals surface area contributed by atoms with Crippen LogP contribution in [0.1, 0.15) is 37.7 Å². The number of aliphatic hydroxyl groups is 1. The lowest BCUT2D eigenvalue weighted by Gasteiger charge is -2.32. The van der Waals surface area contributed by atoms with Crippen molar-refractivity contribution in [3.63, 3.8) is 0 Å². The Balaban J connectivity index is 0.00000242. The van der Waals surface area contributed by atoms with Gasteiger partial charge in [-0.3, -0.25) is 0 Å². The van der Waals surface area contributed by atoms with Crippen molar-refractivity contribution in [2.75, 3.05) is 20.2 Å². The van der Waals surface area contributed by atoms with Gasteiger partial charge in [0.15, 0.2) is 0 Å². The molecule has 1 aliphatic rings. The molecule has 0 radical (unpaired) electrons. The zero-order chi connectivity index (χ0) is 15.2. The summed E-state index contributed by atoms with van der Waals surface area (Å²) in [5.41, 5.74) is 0.989. The fraction of sp³-hybridized carbons (Fsp3) is 0.647. The molecule has 1 aromatic carbocycles. The van der Waals surface area contributed by atoms with Gasteiger partial charge in [-0.15, -0.1) is 12.4 Å². The van der Waals surface area contributed by atoms with Crippen molar-refractivity contribution in [2.45, 2.75) is 51.2 Å². The molecule has 0 aliphatic heterocycles. The lowest BCUT2D eigenvalue weighted by atomic mass is 9.94. The molecule has 2 rings (SSSR count). The molecular weight excluding hydrogens is 321 g/mol. The van der Waals surface area contributed by atoms with Crippen molar-refractivity contribution in [1.29, 1.82) is 0 Å². The fourth-order valence-electron chi connectivity index (χ4n) is 2.96.